The minimum Gasteiger partial charge on any atom is -0.360 e. The smallest absolute Gasteiger partial charge is 0.287 e. The summed E-state index contributed by atoms with van der Waals surface area (Å²) in [6.45, 7) is 6.09. The summed E-state index contributed by atoms with van der Waals surface area (Å²) in [5.41, 5.74) is 3.49. The van der Waals surface area contributed by atoms with Crippen molar-refractivity contribution in [1.29, 1.82) is 0 Å². The lowest BCUT2D eigenvalue weighted by Crippen LogP contribution is -2.13. The summed E-state index contributed by atoms with van der Waals surface area (Å²) < 4.78 is 0. The van der Waals surface area contributed by atoms with E-state index in [4.69, 9.17) is 4.98 Å². The van der Waals surface area contributed by atoms with Crippen LogP contribution >= 0.6 is 0 Å². The number of nitrogens with zero attached hydrogens (tertiary/aromatic N) is 5. The number of nitrogens with one attached hydrogen (secondary N) is 2. The van der Waals surface area contributed by atoms with Gasteiger partial charge in [0.05, 0.1) is 22.2 Å². The van der Waals surface area contributed by atoms with Crippen molar-refractivity contribution in [3.8, 4) is 22.6 Å². The van der Waals surface area contributed by atoms with Gasteiger partial charge in [-0.3, -0.25) is 10.1 Å². The van der Waals surface area contributed by atoms with E-state index in [0.717, 1.165) is 22.4 Å². The summed E-state index contributed by atoms with van der Waals surface area (Å²) >= 11 is 0. The lowest BCUT2D eigenvalue weighted by atomic mass is 10.0. The van der Waals surface area contributed by atoms with Gasteiger partial charge in [-0.25, -0.2) is 19.9 Å². The highest BCUT2D eigenvalue weighted by atomic mass is 16.6. The molecular weight excluding hydrogens is 382 g/mol. The number of imidazole rings is 1. The molecule has 0 spiro atoms. The number of nitro groups is 1. The maximum Gasteiger partial charge on any atom is 0.287 e. The number of H-pyrrole nitrogens is 1. The molecule has 1 radical (unpaired) electrons. The molecule has 1 atom stereocenters. The molecule has 0 amide bonds. The fourth-order valence-corrected chi connectivity index (χ4v) is 2.90. The molecule has 149 valence electrons. The molecule has 0 aliphatic rings. The quantitative estimate of drug-likeness (QED) is 0.368. The van der Waals surface area contributed by atoms with Crippen LogP contribution in [0.2, 0.25) is 0 Å². The van der Waals surface area contributed by atoms with E-state index in [1.54, 1.807) is 18.6 Å². The van der Waals surface area contributed by atoms with Crippen LogP contribution in [-0.2, 0) is 0 Å². The molecule has 4 aromatic rings. The van der Waals surface area contributed by atoms with Crippen molar-refractivity contribution in [3.63, 3.8) is 0 Å². The lowest BCUT2D eigenvalue weighted by Gasteiger charge is -2.15. The largest absolute Gasteiger partial charge is 0.360 e. The number of benzene rings is 1. The fraction of sp³-hybridized carbons (Fsp3) is 0.0952. The van der Waals surface area contributed by atoms with Crippen LogP contribution in [0.1, 0.15) is 17.4 Å². The Balaban J connectivity index is 1.67. The van der Waals surface area contributed by atoms with Crippen molar-refractivity contribution < 1.29 is 4.92 Å². The average Bonchev–Trinajstić information content (AvgIpc) is 3.29. The molecule has 0 saturated heterocycles. The second kappa shape index (κ2) is 8.08. The maximum absolute atomic E-state index is 10.8. The number of aryl methyl sites for hydroxylation is 1. The highest BCUT2D eigenvalue weighted by Gasteiger charge is 2.17. The van der Waals surface area contributed by atoms with Gasteiger partial charge < -0.3 is 10.3 Å². The van der Waals surface area contributed by atoms with Crippen LogP contribution in [0.5, 0.6) is 0 Å². The molecule has 0 saturated carbocycles. The van der Waals surface area contributed by atoms with Crippen LogP contribution in [0, 0.1) is 24.0 Å². The van der Waals surface area contributed by atoms with E-state index in [9.17, 15) is 10.1 Å². The Bertz CT molecular complexity index is 1160. The second-order valence-corrected chi connectivity index (χ2v) is 6.65. The topological polar surface area (TPSA) is 123 Å². The zero-order valence-electron chi connectivity index (χ0n) is 16.1. The maximum atomic E-state index is 10.8. The average molecular weight is 400 g/mol. The van der Waals surface area contributed by atoms with Crippen molar-refractivity contribution in [3.05, 3.63) is 89.6 Å². The number of hydrogen-bond acceptors (Lipinski definition) is 7. The van der Waals surface area contributed by atoms with Crippen LogP contribution in [0.15, 0.2) is 61.2 Å². The van der Waals surface area contributed by atoms with E-state index < -0.39 is 11.0 Å². The minimum absolute atomic E-state index is 0.0816. The number of aromatic nitrogens is 5. The zero-order valence-corrected chi connectivity index (χ0v) is 16.1. The second-order valence-electron chi connectivity index (χ2n) is 6.65. The molecular formula is C21H18N7O2. The summed E-state index contributed by atoms with van der Waals surface area (Å²) in [6, 6.07) is 10.4. The van der Waals surface area contributed by atoms with Gasteiger partial charge >= 0.3 is 0 Å². The van der Waals surface area contributed by atoms with Crippen molar-refractivity contribution in [2.75, 3.05) is 5.32 Å². The van der Waals surface area contributed by atoms with Crippen molar-refractivity contribution in [1.82, 2.24) is 24.9 Å². The fourth-order valence-electron chi connectivity index (χ4n) is 2.90. The first-order valence-electron chi connectivity index (χ1n) is 9.15. The van der Waals surface area contributed by atoms with Crippen molar-refractivity contribution in [2.45, 2.75) is 13.0 Å². The van der Waals surface area contributed by atoms with Gasteiger partial charge in [-0.2, -0.15) is 0 Å². The van der Waals surface area contributed by atoms with Crippen LogP contribution in [-0.4, -0.2) is 29.8 Å². The number of anilines is 1. The summed E-state index contributed by atoms with van der Waals surface area (Å²) in [6.07, 6.45) is 6.31. The summed E-state index contributed by atoms with van der Waals surface area (Å²) in [4.78, 5) is 30.9. The van der Waals surface area contributed by atoms with Crippen LogP contribution in [0.25, 0.3) is 22.6 Å². The normalized spacial score (nSPS) is 11.8. The van der Waals surface area contributed by atoms with Crippen molar-refractivity contribution in [2.24, 2.45) is 0 Å². The molecule has 9 heteroatoms. The van der Waals surface area contributed by atoms with E-state index in [0.29, 0.717) is 17.5 Å². The molecule has 1 aromatic carbocycles. The van der Waals surface area contributed by atoms with Crippen LogP contribution < -0.4 is 5.32 Å². The first-order valence-corrected chi connectivity index (χ1v) is 9.15. The van der Waals surface area contributed by atoms with Gasteiger partial charge in [0.2, 0.25) is 0 Å². The van der Waals surface area contributed by atoms with Crippen molar-refractivity contribution >= 4 is 11.5 Å². The number of pyridine rings is 1. The Morgan fingerprint density at radius 2 is 1.90 bits per heavy atom. The van der Waals surface area contributed by atoms with E-state index in [2.05, 4.69) is 32.2 Å². The molecule has 1 unspecified atom stereocenters. The summed E-state index contributed by atoms with van der Waals surface area (Å²) in [5.74, 6) is 1.57. The highest BCUT2D eigenvalue weighted by Crippen LogP contribution is 2.29. The van der Waals surface area contributed by atoms with Crippen LogP contribution in [0.3, 0.4) is 0 Å². The Kier molecular flexibility index (Phi) is 5.17. The molecule has 0 fully saturated rings. The van der Waals surface area contributed by atoms with E-state index >= 15 is 0 Å². The number of hydrogen-bond donors (Lipinski definition) is 2. The third-order valence-electron chi connectivity index (χ3n) is 4.48. The van der Waals surface area contributed by atoms with E-state index in [1.165, 1.54) is 18.3 Å². The Morgan fingerprint density at radius 1 is 1.10 bits per heavy atom. The zero-order chi connectivity index (χ0) is 21.1. The minimum atomic E-state index is -0.520. The monoisotopic (exact) mass is 400 g/mol. The van der Waals surface area contributed by atoms with E-state index in [1.807, 2.05) is 31.2 Å². The molecule has 2 N–H and O–H groups in total. The van der Waals surface area contributed by atoms with Crippen LogP contribution in [0.4, 0.5) is 11.5 Å². The molecule has 0 aliphatic heterocycles. The molecule has 9 nitrogen and oxygen atoms in total. The first-order chi connectivity index (χ1) is 14.5. The molecule has 3 aromatic heterocycles. The van der Waals surface area contributed by atoms with Gasteiger partial charge in [-0.1, -0.05) is 29.8 Å². The number of aromatic amines is 1. The highest BCUT2D eigenvalue weighted by molar-refractivity contribution is 5.77. The molecule has 3 heterocycles. The Hall–Kier alpha value is -4.14. The van der Waals surface area contributed by atoms with E-state index in [-0.39, 0.29) is 5.69 Å². The lowest BCUT2D eigenvalue weighted by molar-refractivity contribution is -0.385. The molecule has 0 bridgehead atoms. The molecule has 4 rings (SSSR count). The standard InChI is InChI=1S/C21H18N7O2/c1-13-3-5-15(6-4-13)19-17(21-22-9-10-23-21)12-25-20(27-19)14(2)26-18-8-7-16(11-24-18)28(29)30/h3-12,14H,2H2,1H3,(H,22,23)(H,24,26). The summed E-state index contributed by atoms with van der Waals surface area (Å²) in [7, 11) is 0. The van der Waals surface area contributed by atoms with Gasteiger partial charge in [0, 0.05) is 30.2 Å². The Morgan fingerprint density at radius 3 is 2.53 bits per heavy atom. The van der Waals surface area contributed by atoms with Gasteiger partial charge in [0.25, 0.3) is 5.69 Å². The third kappa shape index (κ3) is 4.00. The SMILES string of the molecule is [CH2]C(Nc1ccc([N+](=O)[O-])cn1)c1ncc(-c2ncc[nH]2)c(-c2ccc(C)cc2)n1. The summed E-state index contributed by atoms with van der Waals surface area (Å²) in [5, 5.41) is 13.9. The predicted molar refractivity (Wildman–Crippen MR) is 112 cm³/mol. The first kappa shape index (κ1) is 19.2. The predicted octanol–water partition coefficient (Wildman–Crippen LogP) is 4.13. The third-order valence-corrected chi connectivity index (χ3v) is 4.48. The molecule has 30 heavy (non-hydrogen) atoms. The molecule has 0 aliphatic carbocycles. The van der Waals surface area contributed by atoms with Gasteiger partial charge in [-0.15, -0.1) is 0 Å². The Labute approximate surface area is 172 Å². The van der Waals surface area contributed by atoms with Gasteiger partial charge in [-0.05, 0) is 19.9 Å². The number of rotatable bonds is 6. The van der Waals surface area contributed by atoms with Gasteiger partial charge in [0.15, 0.2) is 5.82 Å². The van der Waals surface area contributed by atoms with Gasteiger partial charge in [0.1, 0.15) is 17.8 Å².